The zero-order valence-electron chi connectivity index (χ0n) is 2.73. The molecule has 29 valence electrons. The number of rotatable bonds is 0. The third-order valence-electron chi connectivity index (χ3n) is 0.119. The minimum absolute atomic E-state index is 0.204. The molecule has 0 atom stereocenters. The number of carbonyl (C=O) groups is 1. The van der Waals surface area contributed by atoms with Crippen LogP contribution < -0.4 is 4.34 Å². The van der Waals surface area contributed by atoms with E-state index < -0.39 is 0 Å². The fraction of sp³-hybridized carbons (Fsp3) is 0.500. The van der Waals surface area contributed by atoms with Crippen molar-refractivity contribution in [3.8, 4) is 0 Å². The summed E-state index contributed by atoms with van der Waals surface area (Å²) in [6.45, 7) is 1.37. The van der Waals surface area contributed by atoms with Gasteiger partial charge in [0.05, 0.1) is 16.1 Å². The Morgan fingerprint density at radius 1 is 2.00 bits per heavy atom. The molecular weight excluding hydrogens is 134 g/mol. The van der Waals surface area contributed by atoms with E-state index in [2.05, 4.69) is 20.5 Å². The number of nitrogens with zero attached hydrogens (tertiary/aromatic N) is 1. The summed E-state index contributed by atoms with van der Waals surface area (Å²) in [6, 6.07) is 0. The van der Waals surface area contributed by atoms with E-state index in [4.69, 9.17) is 0 Å². The van der Waals surface area contributed by atoms with Crippen molar-refractivity contribution < 1.29 is 4.79 Å². The van der Waals surface area contributed by atoms with Crippen molar-refractivity contribution in [3.63, 3.8) is 0 Å². The van der Waals surface area contributed by atoms with Crippen molar-refractivity contribution in [2.45, 2.75) is 6.92 Å². The average molecular weight is 137 g/mol. The number of hydrogen-bond acceptors (Lipinski definition) is 1. The predicted molar refractivity (Wildman–Crippen MR) is 21.7 cm³/mol. The number of carbonyl (C=O) groups excluding carboxylic acids is 1. The molecule has 0 saturated heterocycles. The van der Waals surface area contributed by atoms with Crippen molar-refractivity contribution in [3.05, 3.63) is 0 Å². The molecule has 3 heteroatoms. The molecule has 0 aromatic carbocycles. The highest BCUT2D eigenvalue weighted by molar-refractivity contribution is 9.08. The van der Waals surface area contributed by atoms with Crippen LogP contribution in [0.3, 0.4) is 0 Å². The standard InChI is InChI=1S/C2H3BrNO/c1-2(5)4-3/h1H3. The lowest BCUT2D eigenvalue weighted by Gasteiger charge is -1.71. The van der Waals surface area contributed by atoms with Crippen LogP contribution in [0.4, 0.5) is 0 Å². The van der Waals surface area contributed by atoms with E-state index in [-0.39, 0.29) is 5.91 Å². The van der Waals surface area contributed by atoms with E-state index in [0.717, 1.165) is 0 Å². The summed E-state index contributed by atoms with van der Waals surface area (Å²) in [5, 5.41) is 0. The van der Waals surface area contributed by atoms with Crippen molar-refractivity contribution in [2.24, 2.45) is 0 Å². The molecule has 0 aromatic heterocycles. The second-order valence-corrected chi connectivity index (χ2v) is 0.958. The Morgan fingerprint density at radius 3 is 2.20 bits per heavy atom. The molecule has 0 aromatic rings. The van der Waals surface area contributed by atoms with Crippen LogP contribution in [0, 0.1) is 0 Å². The van der Waals surface area contributed by atoms with Crippen molar-refractivity contribution in [1.82, 2.24) is 4.34 Å². The number of halogens is 1. The second kappa shape index (κ2) is 2.20. The highest BCUT2D eigenvalue weighted by atomic mass is 79.9. The van der Waals surface area contributed by atoms with Gasteiger partial charge in [-0.3, -0.25) is 4.79 Å². The van der Waals surface area contributed by atoms with Gasteiger partial charge in [0.25, 0.3) is 0 Å². The SMILES string of the molecule is CC(=O)[N]Br. The summed E-state index contributed by atoms with van der Waals surface area (Å²) in [5.74, 6) is -0.204. The molecule has 5 heavy (non-hydrogen) atoms. The molecular formula is C2H3BrNO. The van der Waals surface area contributed by atoms with Crippen molar-refractivity contribution in [2.75, 3.05) is 0 Å². The van der Waals surface area contributed by atoms with Gasteiger partial charge in [0.2, 0.25) is 5.91 Å². The lowest BCUT2D eigenvalue weighted by atomic mass is 10.8. The smallest absolute Gasteiger partial charge is 0.249 e. The molecule has 0 heterocycles. The van der Waals surface area contributed by atoms with Gasteiger partial charge in [-0.1, -0.05) is 0 Å². The molecule has 2 nitrogen and oxygen atoms in total. The van der Waals surface area contributed by atoms with Gasteiger partial charge in [-0.15, -0.1) is 0 Å². The van der Waals surface area contributed by atoms with Crippen LogP contribution >= 0.6 is 16.1 Å². The highest BCUT2D eigenvalue weighted by Gasteiger charge is 1.79. The molecule has 0 fully saturated rings. The molecule has 0 bridgehead atoms. The van der Waals surface area contributed by atoms with E-state index >= 15 is 0 Å². The normalized spacial score (nSPS) is 6.80. The van der Waals surface area contributed by atoms with Gasteiger partial charge in [0.15, 0.2) is 0 Å². The van der Waals surface area contributed by atoms with Gasteiger partial charge in [0, 0.05) is 6.92 Å². The van der Waals surface area contributed by atoms with Gasteiger partial charge in [-0.05, 0) is 0 Å². The maximum atomic E-state index is 9.60. The van der Waals surface area contributed by atoms with Crippen molar-refractivity contribution in [1.29, 1.82) is 0 Å². The quantitative estimate of drug-likeness (QED) is 0.476. The zero-order valence-corrected chi connectivity index (χ0v) is 4.32. The van der Waals surface area contributed by atoms with Crippen LogP contribution in [0.25, 0.3) is 0 Å². The maximum absolute atomic E-state index is 9.60. The Hall–Kier alpha value is -0.0500. The van der Waals surface area contributed by atoms with Crippen LogP contribution in [0.2, 0.25) is 0 Å². The Morgan fingerprint density at radius 2 is 2.20 bits per heavy atom. The fourth-order valence-corrected chi connectivity index (χ4v) is 0. The Bertz CT molecular complexity index is 44.9. The van der Waals surface area contributed by atoms with E-state index in [1.54, 1.807) is 0 Å². The Balaban J connectivity index is 2.85. The minimum atomic E-state index is -0.204. The minimum Gasteiger partial charge on any atom is -0.272 e. The van der Waals surface area contributed by atoms with Crippen LogP contribution in [-0.2, 0) is 4.79 Å². The van der Waals surface area contributed by atoms with E-state index in [1.807, 2.05) is 0 Å². The molecule has 0 aliphatic carbocycles. The first-order valence-corrected chi connectivity index (χ1v) is 1.81. The zero-order chi connectivity index (χ0) is 4.28. The monoisotopic (exact) mass is 136 g/mol. The van der Waals surface area contributed by atoms with E-state index in [0.29, 0.717) is 0 Å². The van der Waals surface area contributed by atoms with Crippen LogP contribution in [0.5, 0.6) is 0 Å². The van der Waals surface area contributed by atoms with Gasteiger partial charge >= 0.3 is 0 Å². The predicted octanol–water partition coefficient (Wildman–Crippen LogP) is 0.447. The summed E-state index contributed by atoms with van der Waals surface area (Å²) in [4.78, 5) is 9.60. The first-order valence-electron chi connectivity index (χ1n) is 1.10. The Labute approximate surface area is 38.9 Å². The molecule has 1 amide bonds. The maximum Gasteiger partial charge on any atom is 0.249 e. The molecule has 0 rings (SSSR count). The van der Waals surface area contributed by atoms with Gasteiger partial charge in [-0.25, -0.2) is 0 Å². The van der Waals surface area contributed by atoms with Crippen LogP contribution in [0.1, 0.15) is 6.92 Å². The highest BCUT2D eigenvalue weighted by Crippen LogP contribution is 1.68. The van der Waals surface area contributed by atoms with E-state index in [9.17, 15) is 4.79 Å². The van der Waals surface area contributed by atoms with Crippen LogP contribution in [0.15, 0.2) is 0 Å². The van der Waals surface area contributed by atoms with Gasteiger partial charge in [0.1, 0.15) is 0 Å². The summed E-state index contributed by atoms with van der Waals surface area (Å²) in [5.41, 5.74) is 0. The summed E-state index contributed by atoms with van der Waals surface area (Å²) >= 11 is 2.59. The molecule has 0 N–H and O–H groups in total. The van der Waals surface area contributed by atoms with Crippen LogP contribution in [-0.4, -0.2) is 5.91 Å². The third kappa shape index (κ3) is 3.95. The number of hydrogen-bond donors (Lipinski definition) is 0. The molecule has 1 radical (unpaired) electrons. The first-order chi connectivity index (χ1) is 2.27. The lowest BCUT2D eigenvalue weighted by molar-refractivity contribution is -0.117. The molecule has 0 aliphatic heterocycles. The molecule has 0 saturated carbocycles. The largest absolute Gasteiger partial charge is 0.272 e. The second-order valence-electron chi connectivity index (χ2n) is 0.604. The number of amides is 1. The van der Waals surface area contributed by atoms with E-state index in [1.165, 1.54) is 6.92 Å². The van der Waals surface area contributed by atoms with Gasteiger partial charge < -0.3 is 0 Å². The molecule has 0 spiro atoms. The summed E-state index contributed by atoms with van der Waals surface area (Å²) in [6.07, 6.45) is 0. The third-order valence-corrected chi connectivity index (χ3v) is 0.618. The summed E-state index contributed by atoms with van der Waals surface area (Å²) < 4.78 is 3.06. The summed E-state index contributed by atoms with van der Waals surface area (Å²) in [7, 11) is 0. The Kier molecular flexibility index (Phi) is 2.18. The van der Waals surface area contributed by atoms with Gasteiger partial charge in [-0.2, -0.15) is 4.34 Å². The first kappa shape index (κ1) is 4.95. The lowest BCUT2D eigenvalue weighted by Crippen LogP contribution is -1.94. The van der Waals surface area contributed by atoms with Crippen molar-refractivity contribution >= 4 is 22.1 Å². The fourth-order valence-electron chi connectivity index (χ4n) is 0. The average Bonchev–Trinajstić information content (AvgIpc) is 1.38. The molecule has 0 unspecified atom stereocenters. The molecule has 0 aliphatic rings. The topological polar surface area (TPSA) is 31.2 Å².